The number of aryl methyl sites for hydroxylation is 1. The summed E-state index contributed by atoms with van der Waals surface area (Å²) in [7, 11) is 0. The number of benzene rings is 1. The second-order valence-corrected chi connectivity index (χ2v) is 8.12. The molecule has 0 aliphatic carbocycles. The highest BCUT2D eigenvalue weighted by molar-refractivity contribution is 9.10. The molecule has 3 heterocycles. The fourth-order valence-electron chi connectivity index (χ4n) is 3.68. The third-order valence-corrected chi connectivity index (χ3v) is 5.47. The molecule has 150 valence electrons. The van der Waals surface area contributed by atoms with Crippen molar-refractivity contribution in [2.45, 2.75) is 38.8 Å². The highest BCUT2D eigenvalue weighted by Gasteiger charge is 2.13. The van der Waals surface area contributed by atoms with Crippen LogP contribution in [0, 0.1) is 0 Å². The molecule has 0 radical (unpaired) electrons. The number of aromatic nitrogens is 2. The Labute approximate surface area is 176 Å². The third-order valence-electron chi connectivity index (χ3n) is 4.98. The van der Waals surface area contributed by atoms with Gasteiger partial charge in [-0.1, -0.05) is 15.9 Å². The zero-order chi connectivity index (χ0) is 20.4. The molecule has 1 atom stereocenters. The third kappa shape index (κ3) is 4.15. The summed E-state index contributed by atoms with van der Waals surface area (Å²) in [5, 5.41) is 2.99. The minimum absolute atomic E-state index is 0.00905. The first-order valence-corrected chi connectivity index (χ1v) is 10.4. The van der Waals surface area contributed by atoms with Gasteiger partial charge in [-0.15, -0.1) is 0 Å². The number of halogens is 1. The Bertz CT molecular complexity index is 1210. The predicted octanol–water partition coefficient (Wildman–Crippen LogP) is 4.14. The van der Waals surface area contributed by atoms with Gasteiger partial charge in [-0.05, 0) is 55.8 Å². The molecule has 6 nitrogen and oxygen atoms in total. The van der Waals surface area contributed by atoms with Gasteiger partial charge in [0.25, 0.3) is 5.56 Å². The molecule has 0 spiro atoms. The van der Waals surface area contributed by atoms with Crippen molar-refractivity contribution in [1.29, 1.82) is 0 Å². The lowest BCUT2D eigenvalue weighted by atomic mass is 10.2. The standard InChI is InChI=1S/C22H22BrN3O3/c1-15(13-17-5-4-12-29-17)24-21(27)7-3-11-26-20-14-16(23)8-9-18(20)25-10-2-6-19(25)22(26)28/h2,4-6,8-10,12,14-15H,3,7,11,13H2,1H3,(H,24,27)/t15-/m0/s1. The SMILES string of the molecule is C[C@@H](Cc1ccco1)NC(=O)CCCn1c(=O)c2cccn2c2ccc(Br)cc21. The zero-order valence-corrected chi connectivity index (χ0v) is 17.7. The van der Waals surface area contributed by atoms with Crippen molar-refractivity contribution < 1.29 is 9.21 Å². The van der Waals surface area contributed by atoms with E-state index in [1.54, 1.807) is 10.8 Å². The number of nitrogens with zero attached hydrogens (tertiary/aromatic N) is 2. The zero-order valence-electron chi connectivity index (χ0n) is 16.1. The summed E-state index contributed by atoms with van der Waals surface area (Å²) < 4.78 is 9.90. The molecular formula is C22H22BrN3O3. The molecule has 0 bridgehead atoms. The molecule has 0 saturated carbocycles. The molecule has 0 aliphatic heterocycles. The van der Waals surface area contributed by atoms with Crippen LogP contribution in [-0.4, -0.2) is 20.9 Å². The van der Waals surface area contributed by atoms with Crippen molar-refractivity contribution in [3.05, 3.63) is 75.5 Å². The van der Waals surface area contributed by atoms with Crippen molar-refractivity contribution in [2.24, 2.45) is 0 Å². The summed E-state index contributed by atoms with van der Waals surface area (Å²) in [5.41, 5.74) is 2.40. The Kier molecular flexibility index (Phi) is 5.58. The fraction of sp³-hybridized carbons (Fsp3) is 0.273. The minimum atomic E-state index is -0.0489. The van der Waals surface area contributed by atoms with E-state index in [0.717, 1.165) is 21.3 Å². The van der Waals surface area contributed by atoms with E-state index in [4.69, 9.17) is 4.42 Å². The largest absolute Gasteiger partial charge is 0.469 e. The Morgan fingerprint density at radius 3 is 2.83 bits per heavy atom. The maximum atomic E-state index is 13.0. The molecule has 7 heteroatoms. The van der Waals surface area contributed by atoms with Gasteiger partial charge in [0.15, 0.2) is 0 Å². The van der Waals surface area contributed by atoms with Crippen molar-refractivity contribution in [3.63, 3.8) is 0 Å². The van der Waals surface area contributed by atoms with Crippen molar-refractivity contribution in [2.75, 3.05) is 0 Å². The van der Waals surface area contributed by atoms with Gasteiger partial charge in [0, 0.05) is 36.1 Å². The van der Waals surface area contributed by atoms with Gasteiger partial charge in [-0.3, -0.25) is 9.59 Å². The minimum Gasteiger partial charge on any atom is -0.469 e. The van der Waals surface area contributed by atoms with Crippen LogP contribution < -0.4 is 10.9 Å². The predicted molar refractivity (Wildman–Crippen MR) is 116 cm³/mol. The first-order chi connectivity index (χ1) is 14.0. The normalized spacial score (nSPS) is 12.5. The molecule has 3 aromatic heterocycles. The summed E-state index contributed by atoms with van der Waals surface area (Å²) in [4.78, 5) is 25.3. The average molecular weight is 456 g/mol. The van der Waals surface area contributed by atoms with Crippen LogP contribution in [0.2, 0.25) is 0 Å². The fourth-order valence-corrected chi connectivity index (χ4v) is 4.03. The maximum absolute atomic E-state index is 13.0. The van der Waals surface area contributed by atoms with Crippen LogP contribution in [0.15, 0.2) is 68.6 Å². The second kappa shape index (κ2) is 8.29. The van der Waals surface area contributed by atoms with E-state index >= 15 is 0 Å². The maximum Gasteiger partial charge on any atom is 0.275 e. The van der Waals surface area contributed by atoms with E-state index in [1.165, 1.54) is 0 Å². The number of furan rings is 1. The first kappa shape index (κ1) is 19.5. The van der Waals surface area contributed by atoms with Crippen LogP contribution in [0.1, 0.15) is 25.5 Å². The average Bonchev–Trinajstić information content (AvgIpc) is 3.36. The smallest absolute Gasteiger partial charge is 0.275 e. The second-order valence-electron chi connectivity index (χ2n) is 7.21. The lowest BCUT2D eigenvalue weighted by Gasteiger charge is -2.14. The van der Waals surface area contributed by atoms with Crippen LogP contribution in [0.4, 0.5) is 0 Å². The van der Waals surface area contributed by atoms with Gasteiger partial charge in [0.05, 0.1) is 17.3 Å². The molecule has 1 amide bonds. The lowest BCUT2D eigenvalue weighted by Crippen LogP contribution is -2.34. The van der Waals surface area contributed by atoms with Crippen molar-refractivity contribution >= 4 is 38.4 Å². The molecule has 4 rings (SSSR count). The topological polar surface area (TPSA) is 68.7 Å². The number of carbonyl (C=O) groups is 1. The van der Waals surface area contributed by atoms with Crippen LogP contribution >= 0.6 is 15.9 Å². The van der Waals surface area contributed by atoms with Crippen LogP contribution in [0.25, 0.3) is 16.6 Å². The molecule has 1 aromatic carbocycles. The van der Waals surface area contributed by atoms with Crippen molar-refractivity contribution in [3.8, 4) is 0 Å². The number of rotatable bonds is 7. The summed E-state index contributed by atoms with van der Waals surface area (Å²) in [6.07, 6.45) is 5.12. The van der Waals surface area contributed by atoms with E-state index in [9.17, 15) is 9.59 Å². The summed E-state index contributed by atoms with van der Waals surface area (Å²) in [6.45, 7) is 2.43. The number of fused-ring (bicyclic) bond motifs is 3. The molecule has 0 unspecified atom stereocenters. The molecule has 0 fully saturated rings. The van der Waals surface area contributed by atoms with Gasteiger partial charge in [-0.2, -0.15) is 0 Å². The van der Waals surface area contributed by atoms with Gasteiger partial charge < -0.3 is 18.7 Å². The van der Waals surface area contributed by atoms with Gasteiger partial charge >= 0.3 is 0 Å². The molecule has 29 heavy (non-hydrogen) atoms. The number of hydrogen-bond acceptors (Lipinski definition) is 3. The monoisotopic (exact) mass is 455 g/mol. The number of nitrogens with one attached hydrogen (secondary N) is 1. The molecule has 0 aliphatic rings. The van der Waals surface area contributed by atoms with Gasteiger partial charge in [-0.25, -0.2) is 0 Å². The molecule has 1 N–H and O–H groups in total. The van der Waals surface area contributed by atoms with Crippen LogP contribution in [0.5, 0.6) is 0 Å². The summed E-state index contributed by atoms with van der Waals surface area (Å²) in [6, 6.07) is 13.3. The number of hydrogen-bond donors (Lipinski definition) is 1. The van der Waals surface area contributed by atoms with E-state index in [-0.39, 0.29) is 17.5 Å². The Morgan fingerprint density at radius 2 is 2.03 bits per heavy atom. The van der Waals surface area contributed by atoms with Gasteiger partial charge in [0.1, 0.15) is 11.3 Å². The van der Waals surface area contributed by atoms with Crippen LogP contribution in [0.3, 0.4) is 0 Å². The molecular weight excluding hydrogens is 434 g/mol. The van der Waals surface area contributed by atoms with E-state index < -0.39 is 0 Å². The Hall–Kier alpha value is -2.80. The summed E-state index contributed by atoms with van der Waals surface area (Å²) in [5.74, 6) is 0.827. The molecule has 0 saturated heterocycles. The van der Waals surface area contributed by atoms with Crippen LogP contribution in [-0.2, 0) is 17.8 Å². The first-order valence-electron chi connectivity index (χ1n) is 9.64. The van der Waals surface area contributed by atoms with E-state index in [0.29, 0.717) is 31.3 Å². The van der Waals surface area contributed by atoms with E-state index in [2.05, 4.69) is 21.2 Å². The Balaban J connectivity index is 1.46. The van der Waals surface area contributed by atoms with Gasteiger partial charge in [0.2, 0.25) is 5.91 Å². The van der Waals surface area contributed by atoms with E-state index in [1.807, 2.05) is 60.0 Å². The van der Waals surface area contributed by atoms with Crippen molar-refractivity contribution in [1.82, 2.24) is 14.3 Å². The molecule has 4 aromatic rings. The Morgan fingerprint density at radius 1 is 1.17 bits per heavy atom. The summed E-state index contributed by atoms with van der Waals surface area (Å²) >= 11 is 3.49. The lowest BCUT2D eigenvalue weighted by molar-refractivity contribution is -0.121. The highest BCUT2D eigenvalue weighted by atomic mass is 79.9. The quantitative estimate of drug-likeness (QED) is 0.455. The number of carbonyl (C=O) groups excluding carboxylic acids is 1. The number of amides is 1. The highest BCUT2D eigenvalue weighted by Crippen LogP contribution is 2.20.